The first-order valence-corrected chi connectivity index (χ1v) is 7.76. The monoisotopic (exact) mass is 291 g/mol. The van der Waals surface area contributed by atoms with Crippen molar-refractivity contribution in [3.8, 4) is 11.5 Å². The highest BCUT2D eigenvalue weighted by Crippen LogP contribution is 2.33. The molecule has 2 rings (SSSR count). The highest BCUT2D eigenvalue weighted by Gasteiger charge is 2.37. The van der Waals surface area contributed by atoms with E-state index in [-0.39, 0.29) is 5.78 Å². The third kappa shape index (κ3) is 2.91. The molecular weight excluding hydrogens is 266 g/mol. The van der Waals surface area contributed by atoms with Crippen LogP contribution in [0.4, 0.5) is 0 Å². The molecule has 4 nitrogen and oxygen atoms in total. The number of fused-ring (bicyclic) bond motifs is 1. The zero-order chi connectivity index (χ0) is 15.5. The lowest BCUT2D eigenvalue weighted by Gasteiger charge is -2.38. The minimum Gasteiger partial charge on any atom is -0.486 e. The predicted octanol–water partition coefficient (Wildman–Crippen LogP) is 3.15. The second kappa shape index (κ2) is 6.48. The Hall–Kier alpha value is -1.55. The van der Waals surface area contributed by atoms with Gasteiger partial charge in [0.1, 0.15) is 13.2 Å². The third-order valence-electron chi connectivity index (χ3n) is 4.44. The van der Waals surface area contributed by atoms with E-state index in [0.717, 1.165) is 25.3 Å². The Morgan fingerprint density at radius 2 is 1.76 bits per heavy atom. The van der Waals surface area contributed by atoms with Crippen LogP contribution in [0.1, 0.15) is 44.5 Å². The van der Waals surface area contributed by atoms with Crippen molar-refractivity contribution < 1.29 is 14.3 Å². The van der Waals surface area contributed by atoms with Crippen LogP contribution < -0.4 is 9.47 Å². The van der Waals surface area contributed by atoms with Crippen molar-refractivity contribution in [1.29, 1.82) is 0 Å². The minimum atomic E-state index is -0.479. The summed E-state index contributed by atoms with van der Waals surface area (Å²) in [5.41, 5.74) is 0.211. The second-order valence-electron chi connectivity index (χ2n) is 5.49. The van der Waals surface area contributed by atoms with Gasteiger partial charge in [0, 0.05) is 5.56 Å². The Morgan fingerprint density at radius 3 is 2.33 bits per heavy atom. The summed E-state index contributed by atoms with van der Waals surface area (Å²) in [5.74, 6) is 1.54. The van der Waals surface area contributed by atoms with Gasteiger partial charge in [0.25, 0.3) is 0 Å². The molecule has 0 fully saturated rings. The smallest absolute Gasteiger partial charge is 0.182 e. The Morgan fingerprint density at radius 1 is 1.14 bits per heavy atom. The summed E-state index contributed by atoms with van der Waals surface area (Å²) in [6.45, 7) is 11.1. The summed E-state index contributed by atoms with van der Waals surface area (Å²) in [4.78, 5) is 15.2. The maximum Gasteiger partial charge on any atom is 0.182 e. The number of rotatable bonds is 6. The fraction of sp³-hybridized carbons (Fsp3) is 0.588. The number of nitrogens with zero attached hydrogens (tertiary/aromatic N) is 1. The van der Waals surface area contributed by atoms with Crippen LogP contribution in [-0.4, -0.2) is 42.5 Å². The van der Waals surface area contributed by atoms with Crippen LogP contribution in [0, 0.1) is 0 Å². The van der Waals surface area contributed by atoms with Crippen LogP contribution in [0.15, 0.2) is 18.2 Å². The zero-order valence-corrected chi connectivity index (χ0v) is 13.4. The predicted molar refractivity (Wildman–Crippen MR) is 83.4 cm³/mol. The number of likely N-dealkylation sites (N-methyl/N-ethyl adjacent to an activating group) is 1. The van der Waals surface area contributed by atoms with Gasteiger partial charge in [0.05, 0.1) is 5.54 Å². The van der Waals surface area contributed by atoms with Gasteiger partial charge in [-0.25, -0.2) is 0 Å². The fourth-order valence-electron chi connectivity index (χ4n) is 2.94. The van der Waals surface area contributed by atoms with Gasteiger partial charge >= 0.3 is 0 Å². The van der Waals surface area contributed by atoms with Gasteiger partial charge in [-0.1, -0.05) is 20.8 Å². The summed E-state index contributed by atoms with van der Waals surface area (Å²) in [6.07, 6.45) is 0.780. The van der Waals surface area contributed by atoms with Crippen molar-refractivity contribution >= 4 is 5.78 Å². The number of benzene rings is 1. The zero-order valence-electron chi connectivity index (χ0n) is 13.4. The summed E-state index contributed by atoms with van der Waals surface area (Å²) in [5, 5.41) is 0. The third-order valence-corrected chi connectivity index (χ3v) is 4.44. The molecule has 1 aromatic carbocycles. The molecule has 0 N–H and O–H groups in total. The van der Waals surface area contributed by atoms with E-state index >= 15 is 0 Å². The van der Waals surface area contributed by atoms with Crippen molar-refractivity contribution in [3.63, 3.8) is 0 Å². The van der Waals surface area contributed by atoms with Gasteiger partial charge in [-0.2, -0.15) is 0 Å². The molecule has 1 aliphatic rings. The van der Waals surface area contributed by atoms with Crippen LogP contribution >= 0.6 is 0 Å². The lowest BCUT2D eigenvalue weighted by Crippen LogP contribution is -2.51. The van der Waals surface area contributed by atoms with E-state index in [1.165, 1.54) is 0 Å². The highest BCUT2D eigenvalue weighted by atomic mass is 16.6. The molecule has 1 heterocycles. The fourth-order valence-corrected chi connectivity index (χ4v) is 2.94. The van der Waals surface area contributed by atoms with Crippen molar-refractivity contribution in [3.05, 3.63) is 23.8 Å². The number of carbonyl (C=O) groups excluding carboxylic acids is 1. The topological polar surface area (TPSA) is 38.8 Å². The molecular formula is C17H25NO3. The van der Waals surface area contributed by atoms with Gasteiger partial charge in [0.15, 0.2) is 17.3 Å². The molecule has 0 bridgehead atoms. The van der Waals surface area contributed by atoms with Crippen LogP contribution in [0.25, 0.3) is 0 Å². The molecule has 1 aromatic rings. The van der Waals surface area contributed by atoms with Gasteiger partial charge in [-0.05, 0) is 44.6 Å². The van der Waals surface area contributed by atoms with Crippen LogP contribution in [-0.2, 0) is 0 Å². The van der Waals surface area contributed by atoms with Gasteiger partial charge in [-0.3, -0.25) is 9.69 Å². The molecule has 0 spiro atoms. The van der Waals surface area contributed by atoms with E-state index in [1.54, 1.807) is 0 Å². The molecule has 0 aromatic heterocycles. The SMILES string of the molecule is CCN(CC)C(C)(CC)C(=O)c1ccc2c(c1)OCCO2. The summed E-state index contributed by atoms with van der Waals surface area (Å²) < 4.78 is 11.1. The van der Waals surface area contributed by atoms with E-state index in [4.69, 9.17) is 9.47 Å². The number of hydrogen-bond acceptors (Lipinski definition) is 4. The van der Waals surface area contributed by atoms with Crippen LogP contribution in [0.3, 0.4) is 0 Å². The molecule has 0 radical (unpaired) electrons. The molecule has 0 saturated carbocycles. The maximum atomic E-state index is 13.0. The average Bonchev–Trinajstić information content (AvgIpc) is 2.54. The molecule has 1 atom stereocenters. The first-order valence-electron chi connectivity index (χ1n) is 7.76. The molecule has 0 saturated heterocycles. The maximum absolute atomic E-state index is 13.0. The summed E-state index contributed by atoms with van der Waals surface area (Å²) in [7, 11) is 0. The first kappa shape index (κ1) is 15.8. The molecule has 21 heavy (non-hydrogen) atoms. The number of carbonyl (C=O) groups is 1. The van der Waals surface area contributed by atoms with Gasteiger partial charge in [-0.15, -0.1) is 0 Å². The van der Waals surface area contributed by atoms with E-state index in [0.29, 0.717) is 24.5 Å². The minimum absolute atomic E-state index is 0.144. The number of hydrogen-bond donors (Lipinski definition) is 0. The largest absolute Gasteiger partial charge is 0.486 e. The van der Waals surface area contributed by atoms with E-state index < -0.39 is 5.54 Å². The lowest BCUT2D eigenvalue weighted by molar-refractivity contribution is 0.0607. The Balaban J connectivity index is 2.33. The van der Waals surface area contributed by atoms with Crippen molar-refractivity contribution in [2.45, 2.75) is 39.7 Å². The number of ether oxygens (including phenoxy) is 2. The lowest BCUT2D eigenvalue weighted by atomic mass is 9.86. The Bertz CT molecular complexity index is 511. The molecule has 1 aliphatic heterocycles. The molecule has 116 valence electrons. The highest BCUT2D eigenvalue weighted by molar-refractivity contribution is 6.03. The first-order chi connectivity index (χ1) is 10.1. The van der Waals surface area contributed by atoms with Crippen molar-refractivity contribution in [2.75, 3.05) is 26.3 Å². The van der Waals surface area contributed by atoms with Crippen LogP contribution in [0.2, 0.25) is 0 Å². The van der Waals surface area contributed by atoms with E-state index in [9.17, 15) is 4.79 Å². The van der Waals surface area contributed by atoms with Crippen LogP contribution in [0.5, 0.6) is 11.5 Å². The van der Waals surface area contributed by atoms with Gasteiger partial charge < -0.3 is 9.47 Å². The van der Waals surface area contributed by atoms with Crippen molar-refractivity contribution in [2.24, 2.45) is 0 Å². The number of ketones is 1. The van der Waals surface area contributed by atoms with E-state index in [2.05, 4.69) is 25.7 Å². The molecule has 0 aliphatic carbocycles. The quantitative estimate of drug-likeness (QED) is 0.755. The standard InChI is InChI=1S/C17H25NO3/c1-5-17(4,18(6-2)7-3)16(19)13-8-9-14-15(12-13)21-11-10-20-14/h8-9,12H,5-7,10-11H2,1-4H3. The number of Topliss-reactive ketones (excluding diaryl/α,β-unsaturated/α-hetero) is 1. The molecule has 4 heteroatoms. The van der Waals surface area contributed by atoms with Crippen molar-refractivity contribution in [1.82, 2.24) is 4.90 Å². The average molecular weight is 291 g/mol. The van der Waals surface area contributed by atoms with Gasteiger partial charge in [0.2, 0.25) is 0 Å². The molecule has 0 amide bonds. The summed E-state index contributed by atoms with van der Waals surface area (Å²) in [6, 6.07) is 5.49. The normalized spacial score (nSPS) is 16.6. The molecule has 1 unspecified atom stereocenters. The van der Waals surface area contributed by atoms with E-state index in [1.807, 2.05) is 25.1 Å². The summed E-state index contributed by atoms with van der Waals surface area (Å²) >= 11 is 0. The Kier molecular flexibility index (Phi) is 4.88. The second-order valence-corrected chi connectivity index (χ2v) is 5.49. The Labute approximate surface area is 127 Å².